The predicted octanol–water partition coefficient (Wildman–Crippen LogP) is 4.75. The molecule has 5 aromatic rings. The number of anilines is 5. The van der Waals surface area contributed by atoms with Gasteiger partial charge in [0.05, 0.1) is 36.8 Å². The van der Waals surface area contributed by atoms with Crippen LogP contribution in [0.4, 0.5) is 28.8 Å². The molecule has 0 unspecified atom stereocenters. The normalized spacial score (nSPS) is 13.6. The van der Waals surface area contributed by atoms with Crippen molar-refractivity contribution in [2.45, 2.75) is 0 Å². The van der Waals surface area contributed by atoms with Gasteiger partial charge in [0.2, 0.25) is 0 Å². The minimum Gasteiger partial charge on any atom is -0.378 e. The lowest BCUT2D eigenvalue weighted by Crippen LogP contribution is -2.36. The van der Waals surface area contributed by atoms with Crippen molar-refractivity contribution in [1.29, 1.82) is 0 Å². The maximum Gasteiger partial charge on any atom is 0.160 e. The lowest BCUT2D eigenvalue weighted by Gasteiger charge is -2.28. The van der Waals surface area contributed by atoms with E-state index in [1.54, 1.807) is 12.4 Å². The fraction of sp³-hybridized carbons (Fsp3) is 0.185. The van der Waals surface area contributed by atoms with E-state index in [2.05, 4.69) is 49.8 Å². The van der Waals surface area contributed by atoms with Crippen molar-refractivity contribution < 1.29 is 4.74 Å². The number of aromatic nitrogens is 5. The molecule has 0 amide bonds. The third-order valence-electron chi connectivity index (χ3n) is 6.21. The molecule has 9 nitrogen and oxygen atoms in total. The molecular weight excluding hydrogens is 452 g/mol. The highest BCUT2D eigenvalue weighted by atomic mass is 16.5. The number of hydrogen-bond donors (Lipinski definition) is 2. The summed E-state index contributed by atoms with van der Waals surface area (Å²) < 4.78 is 7.45. The number of nitrogens with zero attached hydrogens (tertiary/aromatic N) is 6. The molecule has 3 aromatic heterocycles. The van der Waals surface area contributed by atoms with E-state index in [-0.39, 0.29) is 0 Å². The molecule has 1 fully saturated rings. The highest BCUT2D eigenvalue weighted by Crippen LogP contribution is 2.33. The van der Waals surface area contributed by atoms with E-state index in [9.17, 15) is 0 Å². The number of aryl methyl sites for hydroxylation is 1. The minimum atomic E-state index is 0.599. The number of para-hydroxylation sites is 1. The molecule has 0 radical (unpaired) electrons. The van der Waals surface area contributed by atoms with Crippen molar-refractivity contribution in [3.63, 3.8) is 0 Å². The van der Waals surface area contributed by atoms with Gasteiger partial charge in [-0.2, -0.15) is 0 Å². The Morgan fingerprint density at radius 3 is 2.50 bits per heavy atom. The first kappa shape index (κ1) is 22.0. The number of imidazole rings is 1. The summed E-state index contributed by atoms with van der Waals surface area (Å²) >= 11 is 0. The molecule has 1 aliphatic heterocycles. The summed E-state index contributed by atoms with van der Waals surface area (Å²) in [7, 11) is 1.98. The Labute approximate surface area is 208 Å². The molecule has 6 rings (SSSR count). The molecule has 1 aliphatic rings. The van der Waals surface area contributed by atoms with Gasteiger partial charge < -0.3 is 24.8 Å². The predicted molar refractivity (Wildman–Crippen MR) is 142 cm³/mol. The first-order valence-corrected chi connectivity index (χ1v) is 11.9. The van der Waals surface area contributed by atoms with Gasteiger partial charge >= 0.3 is 0 Å². The van der Waals surface area contributed by atoms with Crippen LogP contribution in [0.15, 0.2) is 79.4 Å². The lowest BCUT2D eigenvalue weighted by atomic mass is 10.1. The van der Waals surface area contributed by atoms with Crippen LogP contribution in [-0.4, -0.2) is 50.8 Å². The molecule has 180 valence electrons. The monoisotopic (exact) mass is 478 g/mol. The van der Waals surface area contributed by atoms with Crippen LogP contribution < -0.4 is 15.5 Å². The highest BCUT2D eigenvalue weighted by molar-refractivity contribution is 5.94. The maximum atomic E-state index is 5.46. The smallest absolute Gasteiger partial charge is 0.160 e. The summed E-state index contributed by atoms with van der Waals surface area (Å²) in [6.45, 7) is 3.34. The van der Waals surface area contributed by atoms with Crippen molar-refractivity contribution >= 4 is 39.9 Å². The van der Waals surface area contributed by atoms with Gasteiger partial charge in [0, 0.05) is 43.3 Å². The molecule has 2 aromatic carbocycles. The number of nitrogens with one attached hydrogen (secondary N) is 2. The molecule has 0 bridgehead atoms. The summed E-state index contributed by atoms with van der Waals surface area (Å²) in [5, 5.41) is 6.73. The van der Waals surface area contributed by atoms with Crippen LogP contribution in [-0.2, 0) is 11.8 Å². The molecule has 0 spiro atoms. The molecule has 0 saturated carbocycles. The molecule has 4 heterocycles. The molecule has 0 aliphatic carbocycles. The van der Waals surface area contributed by atoms with Gasteiger partial charge in [0.1, 0.15) is 11.5 Å². The topological polar surface area (TPSA) is 93.0 Å². The Morgan fingerprint density at radius 1 is 0.833 bits per heavy atom. The van der Waals surface area contributed by atoms with E-state index in [4.69, 9.17) is 14.7 Å². The van der Waals surface area contributed by atoms with Gasteiger partial charge in [-0.15, -0.1) is 0 Å². The zero-order valence-electron chi connectivity index (χ0n) is 19.9. The Kier molecular flexibility index (Phi) is 5.88. The average molecular weight is 479 g/mol. The summed E-state index contributed by atoms with van der Waals surface area (Å²) in [6.07, 6.45) is 5.30. The van der Waals surface area contributed by atoms with E-state index in [1.165, 1.54) is 5.69 Å². The number of hydrogen-bond acceptors (Lipinski definition) is 8. The lowest BCUT2D eigenvalue weighted by molar-refractivity contribution is 0.122. The van der Waals surface area contributed by atoms with Gasteiger partial charge in [-0.05, 0) is 42.5 Å². The Bertz CT molecular complexity index is 1480. The summed E-state index contributed by atoms with van der Waals surface area (Å²) in [4.78, 5) is 21.0. The van der Waals surface area contributed by atoms with Crippen LogP contribution in [0.3, 0.4) is 0 Å². The van der Waals surface area contributed by atoms with Crippen LogP contribution in [0.25, 0.3) is 22.3 Å². The van der Waals surface area contributed by atoms with Crippen LogP contribution in [0.2, 0.25) is 0 Å². The summed E-state index contributed by atoms with van der Waals surface area (Å²) in [5.41, 5.74) is 5.63. The maximum absolute atomic E-state index is 5.46. The van der Waals surface area contributed by atoms with Gasteiger partial charge in [-0.3, -0.25) is 0 Å². The zero-order valence-corrected chi connectivity index (χ0v) is 19.9. The van der Waals surface area contributed by atoms with E-state index < -0.39 is 0 Å². The molecule has 9 heteroatoms. The molecule has 1 saturated heterocycles. The molecule has 0 atom stereocenters. The standard InChI is InChI=1S/C27H26N8O/c1-34-18-30-25-21(5-4-6-22(25)34)26-27(32-23-7-2-3-12-28-23)33-24(17-29-26)31-19-8-10-20(11-9-19)35-13-15-36-16-14-35/h2-12,17-18H,13-16H2,1H3,(H2,28,31,32,33). The van der Waals surface area contributed by atoms with Crippen LogP contribution in [0, 0.1) is 0 Å². The Morgan fingerprint density at radius 2 is 1.69 bits per heavy atom. The SMILES string of the molecule is Cn1cnc2c(-c3ncc(Nc4ccc(N5CCOCC5)cc4)nc3Nc3ccccn3)cccc21. The van der Waals surface area contributed by atoms with Gasteiger partial charge in [0.25, 0.3) is 0 Å². The number of morpholine rings is 1. The quantitative estimate of drug-likeness (QED) is 0.361. The fourth-order valence-electron chi connectivity index (χ4n) is 4.37. The zero-order chi connectivity index (χ0) is 24.3. The van der Waals surface area contributed by atoms with Crippen molar-refractivity contribution in [2.24, 2.45) is 7.05 Å². The van der Waals surface area contributed by atoms with Crippen molar-refractivity contribution in [3.05, 3.63) is 79.4 Å². The summed E-state index contributed by atoms with van der Waals surface area (Å²) in [6, 6.07) is 20.1. The van der Waals surface area contributed by atoms with Crippen molar-refractivity contribution in [1.82, 2.24) is 24.5 Å². The minimum absolute atomic E-state index is 0.599. The van der Waals surface area contributed by atoms with E-state index in [0.717, 1.165) is 48.6 Å². The second kappa shape index (κ2) is 9.63. The first-order chi connectivity index (χ1) is 17.7. The van der Waals surface area contributed by atoms with Crippen LogP contribution in [0.1, 0.15) is 0 Å². The number of pyridine rings is 1. The molecule has 36 heavy (non-hydrogen) atoms. The van der Waals surface area contributed by atoms with Gasteiger partial charge in [-0.25, -0.2) is 19.9 Å². The van der Waals surface area contributed by atoms with E-state index in [1.807, 2.05) is 54.3 Å². The number of ether oxygens (including phenoxy) is 1. The third kappa shape index (κ3) is 4.44. The molecule has 2 N–H and O–H groups in total. The Balaban J connectivity index is 1.33. The van der Waals surface area contributed by atoms with Crippen LogP contribution >= 0.6 is 0 Å². The van der Waals surface area contributed by atoms with E-state index in [0.29, 0.717) is 23.1 Å². The molecular formula is C27H26N8O. The second-order valence-electron chi connectivity index (χ2n) is 8.59. The highest BCUT2D eigenvalue weighted by Gasteiger charge is 2.16. The third-order valence-corrected chi connectivity index (χ3v) is 6.21. The number of rotatable bonds is 6. The largest absolute Gasteiger partial charge is 0.378 e. The van der Waals surface area contributed by atoms with Crippen LogP contribution in [0.5, 0.6) is 0 Å². The van der Waals surface area contributed by atoms with Crippen molar-refractivity contribution in [3.8, 4) is 11.3 Å². The summed E-state index contributed by atoms with van der Waals surface area (Å²) in [5.74, 6) is 1.92. The van der Waals surface area contributed by atoms with Crippen molar-refractivity contribution in [2.75, 3.05) is 41.8 Å². The second-order valence-corrected chi connectivity index (χ2v) is 8.59. The number of fused-ring (bicyclic) bond motifs is 1. The van der Waals surface area contributed by atoms with Gasteiger partial charge in [-0.1, -0.05) is 18.2 Å². The fourth-order valence-corrected chi connectivity index (χ4v) is 4.37. The Hall–Kier alpha value is -4.50. The van der Waals surface area contributed by atoms with Gasteiger partial charge in [0.15, 0.2) is 11.6 Å². The first-order valence-electron chi connectivity index (χ1n) is 11.9. The number of benzene rings is 2. The average Bonchev–Trinajstić information content (AvgIpc) is 3.31. The van der Waals surface area contributed by atoms with E-state index >= 15 is 0 Å².